The average molecular weight is 532 g/mol. The lowest BCUT2D eigenvalue weighted by atomic mass is 9.35. The van der Waals surface area contributed by atoms with E-state index >= 15 is 0 Å². The Morgan fingerprint density at radius 1 is 0.974 bits per heavy atom. The number of ketones is 2. The average Bonchev–Trinajstić information content (AvgIpc) is 3.29. The van der Waals surface area contributed by atoms with Crippen molar-refractivity contribution in [1.82, 2.24) is 10.2 Å². The van der Waals surface area contributed by atoms with Crippen LogP contribution in [0.25, 0.3) is 0 Å². The molecule has 4 fully saturated rings. The number of nitrogens with zero attached hydrogens (tertiary/aromatic N) is 2. The molecule has 1 heterocycles. The maximum Gasteiger partial charge on any atom is 0.317 e. The number of allylic oxidation sites excluding steroid dienone is 4. The van der Waals surface area contributed by atoms with Crippen molar-refractivity contribution in [3.63, 3.8) is 0 Å². The van der Waals surface area contributed by atoms with Crippen LogP contribution in [0.3, 0.4) is 0 Å². The first-order valence-corrected chi connectivity index (χ1v) is 15.1. The highest BCUT2D eigenvalue weighted by Crippen LogP contribution is 2.73. The second-order valence-corrected chi connectivity index (χ2v) is 15.7. The van der Waals surface area contributed by atoms with Crippen LogP contribution in [0, 0.1) is 56.2 Å². The van der Waals surface area contributed by atoms with Crippen LogP contribution in [0.4, 0.5) is 4.79 Å². The largest absolute Gasteiger partial charge is 0.336 e. The van der Waals surface area contributed by atoms with Gasteiger partial charge in [0.15, 0.2) is 11.6 Å². The minimum atomic E-state index is -0.657. The molecule has 0 bridgehead atoms. The van der Waals surface area contributed by atoms with E-state index < -0.39 is 10.8 Å². The van der Waals surface area contributed by atoms with Gasteiger partial charge in [0.05, 0.1) is 5.57 Å². The standard InChI is InChI=1S/C33H45N3O3/c1-28(2)10-12-33(36-15-14-35-27(36)39)13-11-32(7)25(21(33)18-28)22(37)16-24-30(5)17-20(19-34)26(38)29(3,4)23(30)8-9-31(24,32)6/h16-17,21,23,25H,8-15,18H2,1-7H3,(H,35,39)/t21-,23-,25-,30-,31+,32+,33-/m0/s1. The smallest absolute Gasteiger partial charge is 0.317 e. The molecule has 1 saturated heterocycles. The van der Waals surface area contributed by atoms with E-state index in [1.165, 1.54) is 0 Å². The molecule has 6 aliphatic rings. The molecule has 0 aromatic rings. The van der Waals surface area contributed by atoms with Gasteiger partial charge < -0.3 is 10.2 Å². The molecule has 39 heavy (non-hydrogen) atoms. The van der Waals surface area contributed by atoms with Gasteiger partial charge in [-0.15, -0.1) is 0 Å². The van der Waals surface area contributed by atoms with E-state index in [9.17, 15) is 19.6 Å². The lowest BCUT2D eigenvalue weighted by Gasteiger charge is -2.70. The molecule has 0 unspecified atom stereocenters. The summed E-state index contributed by atoms with van der Waals surface area (Å²) in [5.41, 5.74) is -0.450. The second kappa shape index (κ2) is 7.86. The fourth-order valence-electron chi connectivity index (χ4n) is 11.0. The van der Waals surface area contributed by atoms with Crippen LogP contribution in [-0.2, 0) is 9.59 Å². The van der Waals surface area contributed by atoms with E-state index in [4.69, 9.17) is 0 Å². The van der Waals surface area contributed by atoms with Gasteiger partial charge in [0, 0.05) is 35.4 Å². The maximum absolute atomic E-state index is 14.6. The molecule has 0 spiro atoms. The second-order valence-electron chi connectivity index (χ2n) is 15.7. The van der Waals surface area contributed by atoms with Gasteiger partial charge in [0.2, 0.25) is 0 Å². The molecule has 3 saturated carbocycles. The molecule has 1 N–H and O–H groups in total. The molecule has 0 aromatic carbocycles. The Morgan fingerprint density at radius 3 is 2.31 bits per heavy atom. The van der Waals surface area contributed by atoms with Crippen LogP contribution < -0.4 is 5.32 Å². The number of hydrogen-bond acceptors (Lipinski definition) is 4. The van der Waals surface area contributed by atoms with Gasteiger partial charge in [-0.2, -0.15) is 5.26 Å². The van der Waals surface area contributed by atoms with Crippen molar-refractivity contribution in [2.45, 2.75) is 99.0 Å². The first kappa shape index (κ1) is 26.8. The summed E-state index contributed by atoms with van der Waals surface area (Å²) in [7, 11) is 0. The first-order chi connectivity index (χ1) is 18.1. The Balaban J connectivity index is 1.52. The lowest BCUT2D eigenvalue weighted by molar-refractivity contribution is -0.171. The summed E-state index contributed by atoms with van der Waals surface area (Å²) in [5.74, 6) is 0.141. The van der Waals surface area contributed by atoms with E-state index in [1.54, 1.807) is 0 Å². The fourth-order valence-corrected chi connectivity index (χ4v) is 11.0. The van der Waals surface area contributed by atoms with E-state index in [-0.39, 0.29) is 62.7 Å². The molecule has 6 heteroatoms. The van der Waals surface area contributed by atoms with Crippen LogP contribution in [-0.4, -0.2) is 41.1 Å². The van der Waals surface area contributed by atoms with Crippen molar-refractivity contribution in [1.29, 1.82) is 5.26 Å². The summed E-state index contributed by atoms with van der Waals surface area (Å²) < 4.78 is 0. The van der Waals surface area contributed by atoms with Crippen molar-refractivity contribution in [2.75, 3.05) is 13.1 Å². The normalized spacial score (nSPS) is 46.1. The van der Waals surface area contributed by atoms with Crippen LogP contribution in [0.15, 0.2) is 23.3 Å². The third-order valence-corrected chi connectivity index (χ3v) is 13.2. The molecular formula is C33H45N3O3. The molecule has 0 radical (unpaired) electrons. The summed E-state index contributed by atoms with van der Waals surface area (Å²) >= 11 is 0. The zero-order valence-corrected chi connectivity index (χ0v) is 24.9. The SMILES string of the molecule is CC1(C)CC[C@]2(N3CCNC3=O)CC[C@]3(C)[C@H](C(=O)C=C4[C@@]5(C)C=C(C#N)C(=O)C(C)(C)[C@@H]5CC[C@]43C)[C@@H]2C1. The summed E-state index contributed by atoms with van der Waals surface area (Å²) in [6.07, 6.45) is 10.5. The van der Waals surface area contributed by atoms with Crippen molar-refractivity contribution in [3.05, 3.63) is 23.3 Å². The summed E-state index contributed by atoms with van der Waals surface area (Å²) in [5, 5.41) is 13.0. The Bertz CT molecular complexity index is 1290. The molecule has 210 valence electrons. The summed E-state index contributed by atoms with van der Waals surface area (Å²) in [6.45, 7) is 16.9. The Hall–Kier alpha value is -2.42. The highest BCUT2D eigenvalue weighted by molar-refractivity contribution is 6.04. The van der Waals surface area contributed by atoms with Gasteiger partial charge in [-0.3, -0.25) is 9.59 Å². The molecule has 6 nitrogen and oxygen atoms in total. The molecule has 5 aliphatic carbocycles. The number of carbonyl (C=O) groups is 3. The number of nitrogens with one attached hydrogen (secondary N) is 1. The number of Topliss-reactive ketones (excluding diaryl/α,β-unsaturated/α-hetero) is 1. The third-order valence-electron chi connectivity index (χ3n) is 13.2. The number of hydrogen-bond donors (Lipinski definition) is 1. The van der Waals surface area contributed by atoms with Crippen molar-refractivity contribution in [2.24, 2.45) is 44.8 Å². The zero-order valence-electron chi connectivity index (χ0n) is 24.9. The van der Waals surface area contributed by atoms with Crippen LogP contribution >= 0.6 is 0 Å². The number of amides is 2. The molecule has 0 aromatic heterocycles. The molecule has 7 atom stereocenters. The monoisotopic (exact) mass is 531 g/mol. The van der Waals surface area contributed by atoms with E-state index in [2.05, 4.69) is 50.9 Å². The van der Waals surface area contributed by atoms with Gasteiger partial charge >= 0.3 is 6.03 Å². The van der Waals surface area contributed by atoms with Gasteiger partial charge in [-0.1, -0.05) is 60.1 Å². The Morgan fingerprint density at radius 2 is 1.67 bits per heavy atom. The minimum Gasteiger partial charge on any atom is -0.336 e. The molecular weight excluding hydrogens is 486 g/mol. The topological polar surface area (TPSA) is 90.3 Å². The van der Waals surface area contributed by atoms with Crippen LogP contribution in [0.5, 0.6) is 0 Å². The van der Waals surface area contributed by atoms with Gasteiger partial charge in [-0.25, -0.2) is 4.79 Å². The lowest BCUT2D eigenvalue weighted by Crippen LogP contribution is -2.70. The van der Waals surface area contributed by atoms with Crippen LogP contribution in [0.2, 0.25) is 0 Å². The Labute approximate surface area is 233 Å². The number of nitriles is 1. The summed E-state index contributed by atoms with van der Waals surface area (Å²) in [4.78, 5) is 43.1. The number of carbonyl (C=O) groups excluding carboxylic acids is 3. The van der Waals surface area contributed by atoms with Crippen molar-refractivity contribution < 1.29 is 14.4 Å². The van der Waals surface area contributed by atoms with E-state index in [1.807, 2.05) is 26.0 Å². The predicted molar refractivity (Wildman–Crippen MR) is 149 cm³/mol. The molecule has 2 amide bonds. The van der Waals surface area contributed by atoms with E-state index in [0.717, 1.165) is 57.1 Å². The highest BCUT2D eigenvalue weighted by atomic mass is 16.2. The van der Waals surface area contributed by atoms with Gasteiger partial charge in [-0.05, 0) is 79.1 Å². The third kappa shape index (κ3) is 3.17. The zero-order chi connectivity index (χ0) is 28.4. The maximum atomic E-state index is 14.6. The number of rotatable bonds is 1. The predicted octanol–water partition coefficient (Wildman–Crippen LogP) is 5.98. The van der Waals surface area contributed by atoms with Gasteiger partial charge in [0.1, 0.15) is 6.07 Å². The fraction of sp³-hybridized carbons (Fsp3) is 0.758. The quantitative estimate of drug-likeness (QED) is 0.450. The first-order valence-electron chi connectivity index (χ1n) is 15.1. The summed E-state index contributed by atoms with van der Waals surface area (Å²) in [6, 6.07) is 2.23. The molecule has 1 aliphatic heterocycles. The number of urea groups is 1. The van der Waals surface area contributed by atoms with Crippen LogP contribution in [0.1, 0.15) is 93.4 Å². The number of fused-ring (bicyclic) bond motifs is 7. The molecule has 6 rings (SSSR count). The van der Waals surface area contributed by atoms with E-state index in [0.29, 0.717) is 6.54 Å². The van der Waals surface area contributed by atoms with Gasteiger partial charge in [0.25, 0.3) is 0 Å². The van der Waals surface area contributed by atoms with Crippen molar-refractivity contribution in [3.8, 4) is 6.07 Å². The highest BCUT2D eigenvalue weighted by Gasteiger charge is 2.71. The Kier molecular flexibility index (Phi) is 5.40. The minimum absolute atomic E-state index is 0.0327. The van der Waals surface area contributed by atoms with Crippen molar-refractivity contribution >= 4 is 17.6 Å².